The van der Waals surface area contributed by atoms with Gasteiger partial charge in [0.2, 0.25) is 10.0 Å². The molecule has 5 nitrogen and oxygen atoms in total. The van der Waals surface area contributed by atoms with Gasteiger partial charge in [0.15, 0.2) is 0 Å². The summed E-state index contributed by atoms with van der Waals surface area (Å²) in [6.45, 7) is 4.74. The zero-order valence-electron chi connectivity index (χ0n) is 14.5. The van der Waals surface area contributed by atoms with Crippen molar-refractivity contribution in [2.75, 3.05) is 6.54 Å². The molecule has 0 aliphatic carbocycles. The van der Waals surface area contributed by atoms with E-state index in [-0.39, 0.29) is 10.8 Å². The van der Waals surface area contributed by atoms with Gasteiger partial charge in [0.05, 0.1) is 9.77 Å². The minimum atomic E-state index is -3.67. The monoisotopic (exact) mass is 380 g/mol. The number of nitrogens with two attached hydrogens (primary N) is 1. The summed E-state index contributed by atoms with van der Waals surface area (Å²) in [6, 6.07) is 8.38. The molecule has 7 heteroatoms. The Labute approximate surface area is 153 Å². The SMILES string of the molecule is CCCc1sc(C(=O)NCCc2ccc(S(N)(=O)=O)cc2)cc1CC. The average Bonchev–Trinajstić information content (AvgIpc) is 2.98. The Kier molecular flexibility index (Phi) is 6.75. The largest absolute Gasteiger partial charge is 0.351 e. The summed E-state index contributed by atoms with van der Waals surface area (Å²) in [7, 11) is -3.67. The second-order valence-electron chi connectivity index (χ2n) is 5.86. The number of benzene rings is 1. The normalized spacial score (nSPS) is 11.5. The van der Waals surface area contributed by atoms with E-state index in [0.29, 0.717) is 13.0 Å². The number of nitrogens with one attached hydrogen (secondary N) is 1. The lowest BCUT2D eigenvalue weighted by atomic mass is 10.1. The van der Waals surface area contributed by atoms with E-state index in [1.54, 1.807) is 23.5 Å². The predicted octanol–water partition coefficient (Wildman–Crippen LogP) is 2.88. The van der Waals surface area contributed by atoms with Crippen molar-refractivity contribution in [2.45, 2.75) is 44.4 Å². The molecule has 3 N–H and O–H groups in total. The molecule has 0 saturated carbocycles. The minimum absolute atomic E-state index is 0.0526. The van der Waals surface area contributed by atoms with Crippen molar-refractivity contribution >= 4 is 27.3 Å². The van der Waals surface area contributed by atoms with Crippen LogP contribution in [0.4, 0.5) is 0 Å². The molecule has 1 aromatic carbocycles. The Morgan fingerprint density at radius 3 is 2.40 bits per heavy atom. The fraction of sp³-hybridized carbons (Fsp3) is 0.389. The first-order chi connectivity index (χ1) is 11.8. The van der Waals surface area contributed by atoms with E-state index in [1.165, 1.54) is 22.6 Å². The van der Waals surface area contributed by atoms with Gasteiger partial charge >= 0.3 is 0 Å². The van der Waals surface area contributed by atoms with Crippen LogP contribution >= 0.6 is 11.3 Å². The second-order valence-corrected chi connectivity index (χ2v) is 8.56. The number of carbonyl (C=O) groups excluding carboxylic acids is 1. The summed E-state index contributed by atoms with van der Waals surface area (Å²) in [5, 5.41) is 8.00. The Bertz CT molecular complexity index is 825. The number of amides is 1. The summed E-state index contributed by atoms with van der Waals surface area (Å²) in [6.07, 6.45) is 3.65. The molecular weight excluding hydrogens is 356 g/mol. The fourth-order valence-electron chi connectivity index (χ4n) is 2.57. The van der Waals surface area contributed by atoms with E-state index in [9.17, 15) is 13.2 Å². The number of rotatable bonds is 8. The Morgan fingerprint density at radius 2 is 1.84 bits per heavy atom. The lowest BCUT2D eigenvalue weighted by Crippen LogP contribution is -2.24. The van der Waals surface area contributed by atoms with Gasteiger partial charge in [-0.15, -0.1) is 11.3 Å². The molecule has 1 heterocycles. The van der Waals surface area contributed by atoms with Crippen LogP contribution in [0.15, 0.2) is 35.2 Å². The van der Waals surface area contributed by atoms with E-state index in [2.05, 4.69) is 19.2 Å². The highest BCUT2D eigenvalue weighted by Gasteiger charge is 2.13. The van der Waals surface area contributed by atoms with E-state index >= 15 is 0 Å². The van der Waals surface area contributed by atoms with Gasteiger partial charge in [-0.05, 0) is 48.6 Å². The number of aryl methyl sites for hydroxylation is 2. The summed E-state index contributed by atoms with van der Waals surface area (Å²) >= 11 is 1.58. The molecule has 2 rings (SSSR count). The van der Waals surface area contributed by atoms with Crippen LogP contribution in [0.2, 0.25) is 0 Å². The fourth-order valence-corrected chi connectivity index (χ4v) is 4.36. The quantitative estimate of drug-likeness (QED) is 0.738. The van der Waals surface area contributed by atoms with E-state index in [0.717, 1.165) is 29.7 Å². The lowest BCUT2D eigenvalue weighted by molar-refractivity contribution is 0.0958. The van der Waals surface area contributed by atoms with Crippen LogP contribution in [0.3, 0.4) is 0 Å². The lowest BCUT2D eigenvalue weighted by Gasteiger charge is -2.05. The van der Waals surface area contributed by atoms with Gasteiger partial charge in [-0.2, -0.15) is 0 Å². The number of hydrogen-bond donors (Lipinski definition) is 2. The first-order valence-corrected chi connectivity index (χ1v) is 10.7. The van der Waals surface area contributed by atoms with Gasteiger partial charge in [0, 0.05) is 11.4 Å². The summed E-state index contributed by atoms with van der Waals surface area (Å²) in [5.74, 6) is -0.0526. The maximum atomic E-state index is 12.3. The van der Waals surface area contributed by atoms with Crippen molar-refractivity contribution in [1.29, 1.82) is 0 Å². The highest BCUT2D eigenvalue weighted by molar-refractivity contribution is 7.89. The van der Waals surface area contributed by atoms with Crippen molar-refractivity contribution in [3.8, 4) is 0 Å². The first-order valence-electron chi connectivity index (χ1n) is 8.36. The van der Waals surface area contributed by atoms with Crippen LogP contribution in [0.1, 0.15) is 45.9 Å². The molecule has 0 aliphatic heterocycles. The van der Waals surface area contributed by atoms with Crippen LogP contribution in [-0.4, -0.2) is 20.9 Å². The van der Waals surface area contributed by atoms with Crippen LogP contribution in [0.25, 0.3) is 0 Å². The molecule has 1 aromatic heterocycles. The van der Waals surface area contributed by atoms with E-state index in [4.69, 9.17) is 5.14 Å². The zero-order chi connectivity index (χ0) is 18.4. The smallest absolute Gasteiger partial charge is 0.261 e. The van der Waals surface area contributed by atoms with E-state index in [1.807, 2.05) is 6.07 Å². The maximum Gasteiger partial charge on any atom is 0.261 e. The third-order valence-electron chi connectivity index (χ3n) is 3.93. The highest BCUT2D eigenvalue weighted by Crippen LogP contribution is 2.24. The van der Waals surface area contributed by atoms with Crippen molar-refractivity contribution in [3.63, 3.8) is 0 Å². The number of hydrogen-bond acceptors (Lipinski definition) is 4. The Hall–Kier alpha value is -1.70. The van der Waals surface area contributed by atoms with Crippen molar-refractivity contribution in [3.05, 3.63) is 51.2 Å². The third-order valence-corrected chi connectivity index (χ3v) is 6.09. The molecule has 0 radical (unpaired) electrons. The number of carbonyl (C=O) groups is 1. The van der Waals surface area contributed by atoms with Gasteiger partial charge in [-0.25, -0.2) is 13.6 Å². The molecule has 2 aromatic rings. The van der Waals surface area contributed by atoms with Crippen molar-refractivity contribution in [2.24, 2.45) is 5.14 Å². The minimum Gasteiger partial charge on any atom is -0.351 e. The maximum absolute atomic E-state index is 12.3. The predicted molar refractivity (Wildman–Crippen MR) is 102 cm³/mol. The van der Waals surface area contributed by atoms with Gasteiger partial charge in [-0.1, -0.05) is 32.4 Å². The van der Waals surface area contributed by atoms with Crippen LogP contribution in [0.5, 0.6) is 0 Å². The van der Waals surface area contributed by atoms with Crippen LogP contribution in [-0.2, 0) is 29.3 Å². The zero-order valence-corrected chi connectivity index (χ0v) is 16.2. The van der Waals surface area contributed by atoms with Gasteiger partial charge < -0.3 is 5.32 Å². The molecule has 0 fully saturated rings. The van der Waals surface area contributed by atoms with Crippen LogP contribution < -0.4 is 10.5 Å². The molecule has 25 heavy (non-hydrogen) atoms. The van der Waals surface area contributed by atoms with Gasteiger partial charge in [-0.3, -0.25) is 4.79 Å². The van der Waals surface area contributed by atoms with Crippen LogP contribution in [0, 0.1) is 0 Å². The molecule has 0 saturated heterocycles. The third kappa shape index (κ3) is 5.39. The highest BCUT2D eigenvalue weighted by atomic mass is 32.2. The molecule has 136 valence electrons. The van der Waals surface area contributed by atoms with E-state index < -0.39 is 10.0 Å². The topological polar surface area (TPSA) is 89.3 Å². The molecule has 1 amide bonds. The molecule has 0 spiro atoms. The summed E-state index contributed by atoms with van der Waals surface area (Å²) in [5.41, 5.74) is 2.20. The summed E-state index contributed by atoms with van der Waals surface area (Å²) < 4.78 is 22.5. The molecule has 0 atom stereocenters. The van der Waals surface area contributed by atoms with Crippen molar-refractivity contribution < 1.29 is 13.2 Å². The van der Waals surface area contributed by atoms with Gasteiger partial charge in [0.1, 0.15) is 0 Å². The number of sulfonamides is 1. The molecule has 0 bridgehead atoms. The number of primary sulfonamides is 1. The molecule has 0 aliphatic rings. The first kappa shape index (κ1) is 19.6. The average molecular weight is 381 g/mol. The Morgan fingerprint density at radius 1 is 1.16 bits per heavy atom. The molecule has 0 unspecified atom stereocenters. The standard InChI is InChI=1S/C18H24N2O3S2/c1-3-5-16-14(4-2)12-17(24-16)18(21)20-11-10-13-6-8-15(9-7-13)25(19,22)23/h6-9,12H,3-5,10-11H2,1-2H3,(H,20,21)(H2,19,22,23). The van der Waals surface area contributed by atoms with Crippen molar-refractivity contribution in [1.82, 2.24) is 5.32 Å². The van der Waals surface area contributed by atoms with Gasteiger partial charge in [0.25, 0.3) is 5.91 Å². The Balaban J connectivity index is 1.92. The second kappa shape index (κ2) is 8.60. The number of thiophene rings is 1. The molecular formula is C18H24N2O3S2. The summed E-state index contributed by atoms with van der Waals surface area (Å²) in [4.78, 5) is 14.5.